The van der Waals surface area contributed by atoms with E-state index < -0.39 is 5.91 Å². The predicted molar refractivity (Wildman–Crippen MR) is 90.9 cm³/mol. The number of benzene rings is 1. The summed E-state index contributed by atoms with van der Waals surface area (Å²) in [6, 6.07) is 4.91. The summed E-state index contributed by atoms with van der Waals surface area (Å²) >= 11 is 0. The summed E-state index contributed by atoms with van der Waals surface area (Å²) in [4.78, 5) is 24.0. The topological polar surface area (TPSA) is 76.7 Å². The lowest BCUT2D eigenvalue weighted by molar-refractivity contribution is -0.122. The number of allylic oxidation sites excluding steroid dienone is 2. The van der Waals surface area contributed by atoms with E-state index in [0.29, 0.717) is 30.1 Å². The van der Waals surface area contributed by atoms with Crippen molar-refractivity contribution in [2.75, 3.05) is 13.7 Å². The molecule has 6 nitrogen and oxygen atoms in total. The van der Waals surface area contributed by atoms with Crippen molar-refractivity contribution < 1.29 is 19.1 Å². The number of carbonyl (C=O) groups excluding carboxylic acids is 2. The summed E-state index contributed by atoms with van der Waals surface area (Å²) in [5.41, 5.74) is 5.26. The number of hydrogen-bond donors (Lipinski definition) is 2. The van der Waals surface area contributed by atoms with Crippen LogP contribution >= 0.6 is 0 Å². The third kappa shape index (κ3) is 5.01. The highest BCUT2D eigenvalue weighted by Crippen LogP contribution is 2.28. The van der Waals surface area contributed by atoms with E-state index in [1.54, 1.807) is 18.2 Å². The molecule has 1 aromatic carbocycles. The minimum absolute atomic E-state index is 0.199. The molecule has 0 saturated carbocycles. The minimum Gasteiger partial charge on any atom is -0.493 e. The predicted octanol–water partition coefficient (Wildman–Crippen LogP) is 2.60. The standard InChI is InChI=1S/C18H24N2O4/c1-3-10-24-15-9-8-14(12-16(15)23-2)18(22)20-19-17(21)11-13-6-4-5-7-13/h4,6,8-9,12-13H,3,5,7,10-11H2,1-2H3,(H,19,21)(H,20,22). The van der Waals surface area contributed by atoms with Gasteiger partial charge in [-0.25, -0.2) is 0 Å². The minimum atomic E-state index is -0.398. The van der Waals surface area contributed by atoms with Gasteiger partial charge in [0.05, 0.1) is 13.7 Å². The van der Waals surface area contributed by atoms with E-state index in [9.17, 15) is 9.59 Å². The Morgan fingerprint density at radius 3 is 2.75 bits per heavy atom. The van der Waals surface area contributed by atoms with Crippen molar-refractivity contribution in [2.24, 2.45) is 5.92 Å². The Kier molecular flexibility index (Phi) is 6.66. The smallest absolute Gasteiger partial charge is 0.269 e. The fourth-order valence-corrected chi connectivity index (χ4v) is 2.49. The van der Waals surface area contributed by atoms with Crippen LogP contribution in [0.2, 0.25) is 0 Å². The SMILES string of the molecule is CCCOc1ccc(C(=O)NNC(=O)CC2C=CCC2)cc1OC. The van der Waals surface area contributed by atoms with Crippen LogP contribution in [0.3, 0.4) is 0 Å². The maximum absolute atomic E-state index is 12.1. The van der Waals surface area contributed by atoms with Crippen LogP contribution in [0.4, 0.5) is 0 Å². The van der Waals surface area contributed by atoms with Gasteiger partial charge in [-0.1, -0.05) is 19.1 Å². The Morgan fingerprint density at radius 1 is 1.25 bits per heavy atom. The third-order valence-electron chi connectivity index (χ3n) is 3.76. The summed E-state index contributed by atoms with van der Waals surface area (Å²) in [5, 5.41) is 0. The van der Waals surface area contributed by atoms with Gasteiger partial charge in [-0.3, -0.25) is 20.4 Å². The molecule has 1 aromatic rings. The van der Waals surface area contributed by atoms with Gasteiger partial charge in [0.1, 0.15) is 0 Å². The second-order valence-electron chi connectivity index (χ2n) is 5.69. The van der Waals surface area contributed by atoms with Gasteiger partial charge < -0.3 is 9.47 Å². The average molecular weight is 332 g/mol. The van der Waals surface area contributed by atoms with Gasteiger partial charge in [-0.2, -0.15) is 0 Å². The highest BCUT2D eigenvalue weighted by Gasteiger charge is 2.15. The number of rotatable bonds is 7. The molecule has 0 saturated heterocycles. The monoisotopic (exact) mass is 332 g/mol. The Balaban J connectivity index is 1.89. The zero-order valence-corrected chi connectivity index (χ0v) is 14.1. The molecule has 1 aliphatic carbocycles. The first kappa shape index (κ1) is 17.8. The Hall–Kier alpha value is -2.50. The fourth-order valence-electron chi connectivity index (χ4n) is 2.49. The summed E-state index contributed by atoms with van der Waals surface area (Å²) in [6.45, 7) is 2.59. The maximum atomic E-state index is 12.1. The van der Waals surface area contributed by atoms with Gasteiger partial charge in [0, 0.05) is 12.0 Å². The van der Waals surface area contributed by atoms with Crippen molar-refractivity contribution in [2.45, 2.75) is 32.6 Å². The van der Waals surface area contributed by atoms with Crippen molar-refractivity contribution >= 4 is 11.8 Å². The molecule has 2 N–H and O–H groups in total. The van der Waals surface area contributed by atoms with Gasteiger partial charge in [-0.05, 0) is 43.4 Å². The van der Waals surface area contributed by atoms with Crippen LogP contribution in [0.15, 0.2) is 30.4 Å². The molecule has 0 aromatic heterocycles. The normalized spacial score (nSPS) is 15.8. The van der Waals surface area contributed by atoms with Gasteiger partial charge in [-0.15, -0.1) is 0 Å². The molecular formula is C18H24N2O4. The van der Waals surface area contributed by atoms with Crippen LogP contribution in [0, 0.1) is 5.92 Å². The van der Waals surface area contributed by atoms with Crippen LogP contribution < -0.4 is 20.3 Å². The zero-order valence-electron chi connectivity index (χ0n) is 14.1. The number of amides is 2. The van der Waals surface area contributed by atoms with Crippen LogP contribution in [0.5, 0.6) is 11.5 Å². The molecular weight excluding hydrogens is 308 g/mol. The lowest BCUT2D eigenvalue weighted by Crippen LogP contribution is -2.42. The van der Waals surface area contributed by atoms with Gasteiger partial charge in [0.2, 0.25) is 5.91 Å². The first-order valence-electron chi connectivity index (χ1n) is 8.20. The van der Waals surface area contributed by atoms with Crippen molar-refractivity contribution in [3.8, 4) is 11.5 Å². The number of hydrogen-bond acceptors (Lipinski definition) is 4. The zero-order chi connectivity index (χ0) is 17.4. The van der Waals surface area contributed by atoms with Crippen LogP contribution in [-0.4, -0.2) is 25.5 Å². The van der Waals surface area contributed by atoms with Gasteiger partial charge in [0.15, 0.2) is 11.5 Å². The van der Waals surface area contributed by atoms with E-state index in [4.69, 9.17) is 9.47 Å². The highest BCUT2D eigenvalue weighted by atomic mass is 16.5. The number of ether oxygens (including phenoxy) is 2. The van der Waals surface area contributed by atoms with Crippen molar-refractivity contribution in [3.05, 3.63) is 35.9 Å². The molecule has 130 valence electrons. The highest BCUT2D eigenvalue weighted by molar-refractivity contribution is 5.96. The number of hydrazine groups is 1. The van der Waals surface area contributed by atoms with E-state index in [-0.39, 0.29) is 11.8 Å². The fraction of sp³-hybridized carbons (Fsp3) is 0.444. The second kappa shape index (κ2) is 8.96. The molecule has 24 heavy (non-hydrogen) atoms. The summed E-state index contributed by atoms with van der Waals surface area (Å²) < 4.78 is 10.8. The number of methoxy groups -OCH3 is 1. The first-order chi connectivity index (χ1) is 11.6. The number of nitrogens with one attached hydrogen (secondary N) is 2. The third-order valence-corrected chi connectivity index (χ3v) is 3.76. The Bertz CT molecular complexity index is 613. The Labute approximate surface area is 142 Å². The van der Waals surface area contributed by atoms with Crippen LogP contribution in [0.1, 0.15) is 43.0 Å². The van der Waals surface area contributed by atoms with Crippen LogP contribution in [0.25, 0.3) is 0 Å². The van der Waals surface area contributed by atoms with E-state index in [0.717, 1.165) is 19.3 Å². The van der Waals surface area contributed by atoms with E-state index in [1.807, 2.05) is 13.0 Å². The second-order valence-corrected chi connectivity index (χ2v) is 5.69. The molecule has 1 aliphatic rings. The Morgan fingerprint density at radius 2 is 2.08 bits per heavy atom. The van der Waals surface area contributed by atoms with E-state index in [1.165, 1.54) is 7.11 Å². The van der Waals surface area contributed by atoms with E-state index >= 15 is 0 Å². The molecule has 2 rings (SSSR count). The number of carbonyl (C=O) groups is 2. The van der Waals surface area contributed by atoms with Gasteiger partial charge in [0.25, 0.3) is 5.91 Å². The molecule has 0 bridgehead atoms. The molecule has 0 radical (unpaired) electrons. The van der Waals surface area contributed by atoms with E-state index in [2.05, 4.69) is 16.9 Å². The molecule has 1 unspecified atom stereocenters. The summed E-state index contributed by atoms with van der Waals surface area (Å²) in [5.74, 6) is 0.740. The summed E-state index contributed by atoms with van der Waals surface area (Å²) in [6.07, 6.45) is 7.37. The maximum Gasteiger partial charge on any atom is 0.269 e. The molecule has 0 heterocycles. The molecule has 1 atom stereocenters. The molecule has 0 spiro atoms. The van der Waals surface area contributed by atoms with Crippen molar-refractivity contribution in [3.63, 3.8) is 0 Å². The van der Waals surface area contributed by atoms with Gasteiger partial charge >= 0.3 is 0 Å². The van der Waals surface area contributed by atoms with Crippen molar-refractivity contribution in [1.82, 2.24) is 10.9 Å². The first-order valence-corrected chi connectivity index (χ1v) is 8.20. The molecule has 0 fully saturated rings. The van der Waals surface area contributed by atoms with Crippen molar-refractivity contribution in [1.29, 1.82) is 0 Å². The molecule has 2 amide bonds. The molecule has 6 heteroatoms. The quantitative estimate of drug-likeness (QED) is 0.594. The average Bonchev–Trinajstić information content (AvgIpc) is 3.10. The molecule has 0 aliphatic heterocycles. The lowest BCUT2D eigenvalue weighted by Gasteiger charge is -2.13. The summed E-state index contributed by atoms with van der Waals surface area (Å²) in [7, 11) is 1.52. The van der Waals surface area contributed by atoms with Crippen LogP contribution in [-0.2, 0) is 4.79 Å². The lowest BCUT2D eigenvalue weighted by atomic mass is 10.1. The largest absolute Gasteiger partial charge is 0.493 e.